The van der Waals surface area contributed by atoms with E-state index in [1.165, 1.54) is 0 Å². The molecule has 0 saturated carbocycles. The first-order valence-electron chi connectivity index (χ1n) is 13.0. The Kier molecular flexibility index (Phi) is 12.0. The minimum atomic E-state index is -0.754. The zero-order chi connectivity index (χ0) is 28.1. The third kappa shape index (κ3) is 10.8. The van der Waals surface area contributed by atoms with Gasteiger partial charge in [0.25, 0.3) is 0 Å². The normalized spacial score (nSPS) is 14.5. The summed E-state index contributed by atoms with van der Waals surface area (Å²) in [6, 6.07) is 6.81. The van der Waals surface area contributed by atoms with E-state index in [1.54, 1.807) is 61.8 Å². The van der Waals surface area contributed by atoms with E-state index in [2.05, 4.69) is 4.99 Å². The molecule has 1 heterocycles. The average Bonchev–Trinajstić information content (AvgIpc) is 2.84. The maximum Gasteiger partial charge on any atom is 0.436 e. The Balaban J connectivity index is 1.68. The minimum Gasteiger partial charge on any atom is -0.494 e. The number of ether oxygens (including phenoxy) is 3. The fourth-order valence-corrected chi connectivity index (χ4v) is 3.74. The first-order valence-corrected chi connectivity index (χ1v) is 13.0. The molecule has 38 heavy (non-hydrogen) atoms. The lowest BCUT2D eigenvalue weighted by molar-refractivity contribution is -0.156. The number of hydrogen-bond acceptors (Lipinski definition) is 7. The molecule has 1 aromatic rings. The number of rotatable bonds is 13. The molecule has 2 N–H and O–H groups in total. The van der Waals surface area contributed by atoms with Crippen molar-refractivity contribution in [2.45, 2.75) is 65.4 Å². The molecular formula is C27H40N4O7. The van der Waals surface area contributed by atoms with E-state index < -0.39 is 23.5 Å². The van der Waals surface area contributed by atoms with Crippen LogP contribution in [-0.4, -0.2) is 84.5 Å². The highest BCUT2D eigenvalue weighted by molar-refractivity contribution is 6.35. The highest BCUT2D eigenvalue weighted by atomic mass is 16.6. The van der Waals surface area contributed by atoms with Crippen LogP contribution in [-0.2, 0) is 23.9 Å². The van der Waals surface area contributed by atoms with Gasteiger partial charge < -0.3 is 29.7 Å². The Morgan fingerprint density at radius 3 is 2.13 bits per heavy atom. The predicted octanol–water partition coefficient (Wildman–Crippen LogP) is 2.89. The highest BCUT2D eigenvalue weighted by Crippen LogP contribution is 2.14. The van der Waals surface area contributed by atoms with Gasteiger partial charge in [0, 0.05) is 38.2 Å². The number of hydrogen-bond donors (Lipinski definition) is 1. The van der Waals surface area contributed by atoms with Crippen LogP contribution in [0.3, 0.4) is 0 Å². The van der Waals surface area contributed by atoms with Crippen molar-refractivity contribution in [2.75, 3.05) is 39.4 Å². The molecule has 1 saturated heterocycles. The average molecular weight is 533 g/mol. The van der Waals surface area contributed by atoms with Gasteiger partial charge in [-0.3, -0.25) is 14.4 Å². The minimum absolute atomic E-state index is 0.0461. The van der Waals surface area contributed by atoms with Crippen molar-refractivity contribution in [3.8, 4) is 5.75 Å². The van der Waals surface area contributed by atoms with Gasteiger partial charge in [0.05, 0.1) is 13.2 Å². The summed E-state index contributed by atoms with van der Waals surface area (Å²) in [6.45, 7) is 9.67. The van der Waals surface area contributed by atoms with E-state index >= 15 is 0 Å². The van der Waals surface area contributed by atoms with E-state index in [-0.39, 0.29) is 11.8 Å². The third-order valence-electron chi connectivity index (χ3n) is 5.61. The van der Waals surface area contributed by atoms with Crippen molar-refractivity contribution in [3.63, 3.8) is 0 Å². The molecule has 2 rings (SSSR count). The van der Waals surface area contributed by atoms with Gasteiger partial charge in [0.1, 0.15) is 17.2 Å². The van der Waals surface area contributed by atoms with E-state index in [4.69, 9.17) is 19.9 Å². The standard InChI is InChI=1S/C27H40N4O7/c1-5-36-22(32)10-7-6-8-15-30-17-18-31(25(34)24(30)33)16-9-19-37-21-13-11-20(12-14-21)23(28)29-26(35)38-27(2,3)4/h11-14H,5-10,15-19H2,1-4H3,(H2,28,29,35). The highest BCUT2D eigenvalue weighted by Gasteiger charge is 2.31. The summed E-state index contributed by atoms with van der Waals surface area (Å²) in [5, 5.41) is 0. The Morgan fingerprint density at radius 2 is 1.55 bits per heavy atom. The van der Waals surface area contributed by atoms with Crippen LogP contribution in [0.25, 0.3) is 0 Å². The Morgan fingerprint density at radius 1 is 0.947 bits per heavy atom. The molecule has 0 unspecified atom stereocenters. The molecule has 3 amide bonds. The van der Waals surface area contributed by atoms with Crippen molar-refractivity contribution in [2.24, 2.45) is 10.7 Å². The van der Waals surface area contributed by atoms with Crippen LogP contribution in [0, 0.1) is 0 Å². The zero-order valence-corrected chi connectivity index (χ0v) is 22.9. The van der Waals surface area contributed by atoms with E-state index in [0.29, 0.717) is 70.0 Å². The van der Waals surface area contributed by atoms with Crippen LogP contribution in [0.1, 0.15) is 65.4 Å². The van der Waals surface area contributed by atoms with E-state index in [9.17, 15) is 19.2 Å². The molecule has 1 fully saturated rings. The lowest BCUT2D eigenvalue weighted by atomic mass is 10.1. The summed E-state index contributed by atoms with van der Waals surface area (Å²) in [5.74, 6) is -0.530. The Bertz CT molecular complexity index is 986. The molecule has 0 bridgehead atoms. The smallest absolute Gasteiger partial charge is 0.436 e. The second-order valence-electron chi connectivity index (χ2n) is 9.90. The van der Waals surface area contributed by atoms with Crippen molar-refractivity contribution in [3.05, 3.63) is 29.8 Å². The Labute approximate surface area is 224 Å². The predicted molar refractivity (Wildman–Crippen MR) is 142 cm³/mol. The number of nitrogens with zero attached hydrogens (tertiary/aromatic N) is 3. The summed E-state index contributed by atoms with van der Waals surface area (Å²) in [4.78, 5) is 55.0. The molecule has 0 spiro atoms. The van der Waals surface area contributed by atoms with Gasteiger partial charge in [0.2, 0.25) is 0 Å². The first-order chi connectivity index (χ1) is 18.0. The number of amidine groups is 1. The molecule has 0 atom stereocenters. The van der Waals surface area contributed by atoms with Crippen LogP contribution in [0.4, 0.5) is 4.79 Å². The lowest BCUT2D eigenvalue weighted by Crippen LogP contribution is -2.54. The molecule has 11 nitrogen and oxygen atoms in total. The molecule has 1 aromatic carbocycles. The van der Waals surface area contributed by atoms with Gasteiger partial charge in [-0.15, -0.1) is 0 Å². The maximum atomic E-state index is 12.5. The number of nitrogens with two attached hydrogens (primary N) is 1. The topological polar surface area (TPSA) is 141 Å². The molecular weight excluding hydrogens is 492 g/mol. The summed E-state index contributed by atoms with van der Waals surface area (Å²) in [7, 11) is 0. The first kappa shape index (κ1) is 30.6. The van der Waals surface area contributed by atoms with Gasteiger partial charge in [-0.2, -0.15) is 4.99 Å². The number of carbonyl (C=O) groups is 4. The zero-order valence-electron chi connectivity index (χ0n) is 22.9. The van der Waals surface area contributed by atoms with E-state index in [1.807, 2.05) is 0 Å². The number of unbranched alkanes of at least 4 members (excludes halogenated alkanes) is 2. The number of piperazine rings is 1. The van der Waals surface area contributed by atoms with Crippen LogP contribution in [0.2, 0.25) is 0 Å². The summed E-state index contributed by atoms with van der Waals surface area (Å²) in [5.41, 5.74) is 5.79. The van der Waals surface area contributed by atoms with Crippen LogP contribution < -0.4 is 10.5 Å². The largest absolute Gasteiger partial charge is 0.494 e. The maximum absolute atomic E-state index is 12.5. The van der Waals surface area contributed by atoms with Gasteiger partial charge in [-0.25, -0.2) is 4.79 Å². The quantitative estimate of drug-likeness (QED) is 0.134. The number of esters is 1. The second kappa shape index (κ2) is 14.9. The molecule has 1 aliphatic rings. The molecule has 0 aromatic heterocycles. The summed E-state index contributed by atoms with van der Waals surface area (Å²) in [6.07, 6.45) is 2.42. The SMILES string of the molecule is CCOC(=O)CCCCCN1CCN(CCCOc2ccc(/C(N)=N/C(=O)OC(C)(C)C)cc2)C(=O)C1=O. The fraction of sp³-hybridized carbons (Fsp3) is 0.593. The number of benzene rings is 1. The van der Waals surface area contributed by atoms with Crippen molar-refractivity contribution in [1.82, 2.24) is 9.80 Å². The monoisotopic (exact) mass is 532 g/mol. The number of aliphatic imine (C=N–C) groups is 1. The van der Waals surface area contributed by atoms with Crippen LogP contribution in [0.15, 0.2) is 29.3 Å². The van der Waals surface area contributed by atoms with Crippen molar-refractivity contribution >= 4 is 29.7 Å². The van der Waals surface area contributed by atoms with Crippen molar-refractivity contribution in [1.29, 1.82) is 0 Å². The molecule has 0 radical (unpaired) electrons. The van der Waals surface area contributed by atoms with Crippen LogP contribution >= 0.6 is 0 Å². The van der Waals surface area contributed by atoms with Gasteiger partial charge in [-0.1, -0.05) is 6.42 Å². The fourth-order valence-electron chi connectivity index (χ4n) is 3.74. The molecule has 11 heteroatoms. The number of amides is 3. The third-order valence-corrected chi connectivity index (χ3v) is 5.61. The van der Waals surface area contributed by atoms with Crippen LogP contribution in [0.5, 0.6) is 5.75 Å². The van der Waals surface area contributed by atoms with Gasteiger partial charge in [-0.05, 0) is 71.2 Å². The number of carbonyl (C=O) groups excluding carboxylic acids is 4. The Hall–Kier alpha value is -3.63. The summed E-state index contributed by atoms with van der Waals surface area (Å²) >= 11 is 0. The van der Waals surface area contributed by atoms with Crippen molar-refractivity contribution < 1.29 is 33.4 Å². The van der Waals surface area contributed by atoms with Gasteiger partial charge >= 0.3 is 23.9 Å². The molecule has 210 valence electrons. The van der Waals surface area contributed by atoms with Gasteiger partial charge in [0.15, 0.2) is 0 Å². The van der Waals surface area contributed by atoms with E-state index in [0.717, 1.165) is 12.8 Å². The summed E-state index contributed by atoms with van der Waals surface area (Å²) < 4.78 is 15.8. The lowest BCUT2D eigenvalue weighted by Gasteiger charge is -2.33. The second-order valence-corrected chi connectivity index (χ2v) is 9.90. The molecule has 1 aliphatic heterocycles. The molecule has 0 aliphatic carbocycles.